The standard InChI is InChI=1S/C15H16P/c1-3-8-14(9-4-1)16(12-7-13-16)15-10-5-2-6-11-15/h1-6,8-11H,7,12-13H2/q+1. The Hall–Kier alpha value is -1.13. The van der Waals surface area contributed by atoms with Crippen LogP contribution in [0, 0.1) is 0 Å². The van der Waals surface area contributed by atoms with Crippen LogP contribution in [0.1, 0.15) is 6.42 Å². The molecule has 0 N–H and O–H groups in total. The second kappa shape index (κ2) is 4.03. The fraction of sp³-hybridized carbons (Fsp3) is 0.200. The van der Waals surface area contributed by atoms with E-state index in [1.807, 2.05) is 0 Å². The molecule has 1 fully saturated rings. The SMILES string of the molecule is c1ccc([P+]2(c3ccccc3)CCC2)cc1. The fourth-order valence-electron chi connectivity index (χ4n) is 2.57. The molecule has 3 rings (SSSR count). The molecule has 0 saturated carbocycles. The summed E-state index contributed by atoms with van der Waals surface area (Å²) in [5.41, 5.74) is 0. The highest BCUT2D eigenvalue weighted by atomic mass is 31.2. The molecule has 0 unspecified atom stereocenters. The van der Waals surface area contributed by atoms with Crippen molar-refractivity contribution in [2.24, 2.45) is 0 Å². The molecule has 2 aromatic rings. The summed E-state index contributed by atoms with van der Waals surface area (Å²) in [5.74, 6) is 0. The van der Waals surface area contributed by atoms with Crippen molar-refractivity contribution in [3.05, 3.63) is 60.7 Å². The molecule has 0 amide bonds. The van der Waals surface area contributed by atoms with Crippen LogP contribution in [0.3, 0.4) is 0 Å². The van der Waals surface area contributed by atoms with E-state index in [0.29, 0.717) is 0 Å². The van der Waals surface area contributed by atoms with Crippen LogP contribution in [0.25, 0.3) is 0 Å². The van der Waals surface area contributed by atoms with Crippen molar-refractivity contribution in [1.82, 2.24) is 0 Å². The van der Waals surface area contributed by atoms with Crippen molar-refractivity contribution < 1.29 is 0 Å². The highest BCUT2D eigenvalue weighted by Gasteiger charge is 2.48. The Morgan fingerprint density at radius 1 is 0.625 bits per heavy atom. The van der Waals surface area contributed by atoms with Gasteiger partial charge in [0.2, 0.25) is 0 Å². The lowest BCUT2D eigenvalue weighted by atomic mass is 10.4. The average molecular weight is 227 g/mol. The summed E-state index contributed by atoms with van der Waals surface area (Å²) >= 11 is 0. The Morgan fingerprint density at radius 2 is 1.06 bits per heavy atom. The van der Waals surface area contributed by atoms with Gasteiger partial charge in [-0.25, -0.2) is 0 Å². The summed E-state index contributed by atoms with van der Waals surface area (Å²) < 4.78 is 0. The van der Waals surface area contributed by atoms with E-state index in [-0.39, 0.29) is 0 Å². The lowest BCUT2D eigenvalue weighted by molar-refractivity contribution is 1.01. The van der Waals surface area contributed by atoms with E-state index in [2.05, 4.69) is 60.7 Å². The van der Waals surface area contributed by atoms with Gasteiger partial charge in [-0.1, -0.05) is 36.4 Å². The Morgan fingerprint density at radius 3 is 1.38 bits per heavy atom. The molecule has 80 valence electrons. The molecule has 2 aromatic carbocycles. The van der Waals surface area contributed by atoms with Crippen molar-refractivity contribution in [3.8, 4) is 0 Å². The van der Waals surface area contributed by atoms with Crippen molar-refractivity contribution in [1.29, 1.82) is 0 Å². The number of hydrogen-bond acceptors (Lipinski definition) is 0. The quantitative estimate of drug-likeness (QED) is 0.692. The molecule has 0 radical (unpaired) electrons. The van der Waals surface area contributed by atoms with Crippen LogP contribution in [-0.2, 0) is 0 Å². The summed E-state index contributed by atoms with van der Waals surface area (Å²) in [5, 5.41) is 3.18. The smallest absolute Gasteiger partial charge is 0.0620 e. The minimum Gasteiger partial charge on any atom is -0.0620 e. The van der Waals surface area contributed by atoms with Crippen molar-refractivity contribution in [3.63, 3.8) is 0 Å². The molecule has 0 nitrogen and oxygen atoms in total. The van der Waals surface area contributed by atoms with Gasteiger partial charge in [-0.3, -0.25) is 0 Å². The molecule has 0 spiro atoms. The molecular weight excluding hydrogens is 211 g/mol. The van der Waals surface area contributed by atoms with Gasteiger partial charge >= 0.3 is 0 Å². The summed E-state index contributed by atoms with van der Waals surface area (Å²) in [6.07, 6.45) is 4.21. The molecule has 1 aliphatic rings. The number of hydrogen-bond donors (Lipinski definition) is 0. The van der Waals surface area contributed by atoms with Crippen molar-refractivity contribution in [2.75, 3.05) is 12.3 Å². The van der Waals surface area contributed by atoms with Crippen LogP contribution in [-0.4, -0.2) is 12.3 Å². The van der Waals surface area contributed by atoms with Gasteiger partial charge in [0.1, 0.15) is 0 Å². The maximum atomic E-state index is 2.32. The Labute approximate surface area is 97.7 Å². The zero-order valence-corrected chi connectivity index (χ0v) is 10.2. The molecular formula is C15H16P+. The Balaban J connectivity index is 2.08. The van der Waals surface area contributed by atoms with Crippen LogP contribution in [0.5, 0.6) is 0 Å². The first-order valence-electron chi connectivity index (χ1n) is 5.90. The van der Waals surface area contributed by atoms with Gasteiger partial charge < -0.3 is 0 Å². The van der Waals surface area contributed by atoms with E-state index in [4.69, 9.17) is 0 Å². The van der Waals surface area contributed by atoms with Gasteiger partial charge in [0.15, 0.2) is 0 Å². The zero-order valence-electron chi connectivity index (χ0n) is 9.34. The molecule has 0 aromatic heterocycles. The van der Waals surface area contributed by atoms with Gasteiger partial charge in [-0.05, 0) is 24.3 Å². The maximum Gasteiger partial charge on any atom is 0.0991 e. The normalized spacial score (nSPS) is 17.8. The zero-order chi connectivity index (χ0) is 10.8. The van der Waals surface area contributed by atoms with Gasteiger partial charge in [0.05, 0.1) is 30.2 Å². The highest BCUT2D eigenvalue weighted by Crippen LogP contribution is 2.64. The second-order valence-corrected chi connectivity index (χ2v) is 8.30. The molecule has 16 heavy (non-hydrogen) atoms. The molecule has 0 bridgehead atoms. The first-order chi connectivity index (χ1) is 7.92. The molecule has 1 heteroatoms. The summed E-state index contributed by atoms with van der Waals surface area (Å²) in [6, 6.07) is 22.2. The van der Waals surface area contributed by atoms with Gasteiger partial charge in [0, 0.05) is 6.42 Å². The largest absolute Gasteiger partial charge is 0.0991 e. The van der Waals surface area contributed by atoms with Gasteiger partial charge in [0.25, 0.3) is 0 Å². The lowest BCUT2D eigenvalue weighted by Crippen LogP contribution is -2.34. The van der Waals surface area contributed by atoms with E-state index in [1.165, 1.54) is 18.7 Å². The summed E-state index contributed by atoms with van der Waals surface area (Å²) in [6.45, 7) is 0. The van der Waals surface area contributed by atoms with E-state index >= 15 is 0 Å². The molecule has 1 aliphatic heterocycles. The van der Waals surface area contributed by atoms with Crippen LogP contribution < -0.4 is 10.6 Å². The average Bonchev–Trinajstić information content (AvgIpc) is 2.31. The Bertz CT molecular complexity index is 416. The van der Waals surface area contributed by atoms with E-state index in [9.17, 15) is 0 Å². The lowest BCUT2D eigenvalue weighted by Gasteiger charge is -2.34. The third-order valence-corrected chi connectivity index (χ3v) is 8.31. The van der Waals surface area contributed by atoms with Gasteiger partial charge in [-0.2, -0.15) is 0 Å². The van der Waals surface area contributed by atoms with Gasteiger partial charge in [-0.15, -0.1) is 0 Å². The predicted octanol–water partition coefficient (Wildman–Crippen LogP) is 3.06. The van der Waals surface area contributed by atoms with Crippen molar-refractivity contribution in [2.45, 2.75) is 6.42 Å². The first kappa shape index (κ1) is 10.1. The Kier molecular flexibility index (Phi) is 2.53. The van der Waals surface area contributed by atoms with Crippen LogP contribution in [0.4, 0.5) is 0 Å². The minimum atomic E-state index is -0.974. The van der Waals surface area contributed by atoms with Crippen LogP contribution >= 0.6 is 7.26 Å². The topological polar surface area (TPSA) is 0 Å². The molecule has 0 aliphatic carbocycles. The first-order valence-corrected chi connectivity index (χ1v) is 8.06. The maximum absolute atomic E-state index is 2.32. The van der Waals surface area contributed by atoms with Crippen LogP contribution in [0.2, 0.25) is 0 Å². The van der Waals surface area contributed by atoms with E-state index in [1.54, 1.807) is 10.6 Å². The third-order valence-electron chi connectivity index (χ3n) is 3.58. The van der Waals surface area contributed by atoms with E-state index < -0.39 is 7.26 Å². The summed E-state index contributed by atoms with van der Waals surface area (Å²) in [4.78, 5) is 0. The monoisotopic (exact) mass is 227 g/mol. The predicted molar refractivity (Wildman–Crippen MR) is 73.4 cm³/mol. The molecule has 0 atom stereocenters. The third kappa shape index (κ3) is 1.49. The summed E-state index contributed by atoms with van der Waals surface area (Å²) in [7, 11) is -0.974. The van der Waals surface area contributed by atoms with E-state index in [0.717, 1.165) is 0 Å². The number of benzene rings is 2. The highest BCUT2D eigenvalue weighted by molar-refractivity contribution is 7.90. The second-order valence-electron chi connectivity index (χ2n) is 4.44. The molecule has 1 heterocycles. The van der Waals surface area contributed by atoms with Crippen molar-refractivity contribution >= 4 is 17.9 Å². The number of rotatable bonds is 2. The molecule has 1 saturated heterocycles. The fourth-order valence-corrected chi connectivity index (χ4v) is 6.33. The minimum absolute atomic E-state index is 0.974. The van der Waals surface area contributed by atoms with Crippen LogP contribution in [0.15, 0.2) is 60.7 Å².